The van der Waals surface area contributed by atoms with E-state index in [2.05, 4.69) is 24.9 Å². The third-order valence-electron chi connectivity index (χ3n) is 3.02. The van der Waals surface area contributed by atoms with Crippen molar-refractivity contribution in [2.75, 3.05) is 18.5 Å². The quantitative estimate of drug-likeness (QED) is 0.736. The molecule has 0 amide bonds. The van der Waals surface area contributed by atoms with Gasteiger partial charge in [-0.3, -0.25) is 0 Å². The maximum atomic E-state index is 9.67. The minimum atomic E-state index is -0.362. The predicted molar refractivity (Wildman–Crippen MR) is 58.8 cm³/mol. The molecular weight excluding hydrogens is 174 g/mol. The summed E-state index contributed by atoms with van der Waals surface area (Å²) >= 11 is 0. The van der Waals surface area contributed by atoms with Crippen LogP contribution >= 0.6 is 0 Å². The highest BCUT2D eigenvalue weighted by Crippen LogP contribution is 2.39. The van der Waals surface area contributed by atoms with Gasteiger partial charge in [-0.2, -0.15) is 0 Å². The first-order chi connectivity index (χ1) is 6.61. The Bertz CT molecular complexity index is 346. The largest absolute Gasteiger partial charge is 0.389 e. The van der Waals surface area contributed by atoms with Gasteiger partial charge in [-0.1, -0.05) is 19.1 Å². The minimum absolute atomic E-state index is 0.362. The van der Waals surface area contributed by atoms with Gasteiger partial charge in [0, 0.05) is 25.2 Å². The number of likely N-dealkylation sites (N-methyl/N-ethyl adjacent to an activating group) is 1. The van der Waals surface area contributed by atoms with Gasteiger partial charge in [0.1, 0.15) is 0 Å². The monoisotopic (exact) mass is 191 g/mol. The zero-order valence-corrected chi connectivity index (χ0v) is 8.99. The highest BCUT2D eigenvalue weighted by molar-refractivity contribution is 5.62. The second-order valence-corrected chi connectivity index (χ2v) is 4.24. The predicted octanol–water partition coefficient (Wildman–Crippen LogP) is 2.29. The first kappa shape index (κ1) is 9.53. The van der Waals surface area contributed by atoms with E-state index in [1.807, 2.05) is 19.1 Å². The Morgan fingerprint density at radius 1 is 1.50 bits per heavy atom. The molecule has 1 aromatic rings. The molecule has 1 aliphatic rings. The lowest BCUT2D eigenvalue weighted by molar-refractivity contribution is 0.198. The van der Waals surface area contributed by atoms with Gasteiger partial charge < -0.3 is 10.0 Å². The molecule has 1 N–H and O–H groups in total. The minimum Gasteiger partial charge on any atom is -0.389 e. The van der Waals surface area contributed by atoms with Crippen LogP contribution in [0.3, 0.4) is 0 Å². The molecule has 2 heteroatoms. The van der Waals surface area contributed by atoms with E-state index in [1.165, 1.54) is 11.3 Å². The third-order valence-corrected chi connectivity index (χ3v) is 3.02. The SMILES string of the molecule is CC(O)c1cccc2c1C(C)CN2C. The van der Waals surface area contributed by atoms with Crippen molar-refractivity contribution in [3.63, 3.8) is 0 Å². The second kappa shape index (κ2) is 3.28. The van der Waals surface area contributed by atoms with Crippen LogP contribution in [0.25, 0.3) is 0 Å². The van der Waals surface area contributed by atoms with Crippen LogP contribution in [0.15, 0.2) is 18.2 Å². The van der Waals surface area contributed by atoms with Gasteiger partial charge in [0.2, 0.25) is 0 Å². The van der Waals surface area contributed by atoms with Gasteiger partial charge in [0.25, 0.3) is 0 Å². The van der Waals surface area contributed by atoms with Gasteiger partial charge in [0.15, 0.2) is 0 Å². The van der Waals surface area contributed by atoms with Crippen molar-refractivity contribution in [1.82, 2.24) is 0 Å². The van der Waals surface area contributed by atoms with Gasteiger partial charge in [-0.05, 0) is 24.1 Å². The van der Waals surface area contributed by atoms with Crippen molar-refractivity contribution < 1.29 is 5.11 Å². The van der Waals surface area contributed by atoms with Crippen molar-refractivity contribution >= 4 is 5.69 Å². The van der Waals surface area contributed by atoms with Gasteiger partial charge in [-0.25, -0.2) is 0 Å². The molecule has 2 atom stereocenters. The molecule has 2 rings (SSSR count). The number of hydrogen-bond donors (Lipinski definition) is 1. The number of aliphatic hydroxyl groups excluding tert-OH is 1. The molecule has 0 bridgehead atoms. The Labute approximate surface area is 85.2 Å². The summed E-state index contributed by atoms with van der Waals surface area (Å²) in [7, 11) is 2.11. The average Bonchev–Trinajstić information content (AvgIpc) is 2.43. The Morgan fingerprint density at radius 2 is 2.21 bits per heavy atom. The molecule has 76 valence electrons. The van der Waals surface area contributed by atoms with Crippen LogP contribution in [0.1, 0.15) is 37.0 Å². The number of nitrogens with zero attached hydrogens (tertiary/aromatic N) is 1. The van der Waals surface area contributed by atoms with Crippen LogP contribution < -0.4 is 4.90 Å². The van der Waals surface area contributed by atoms with Crippen LogP contribution in [-0.4, -0.2) is 18.7 Å². The number of benzene rings is 1. The van der Waals surface area contributed by atoms with Crippen LogP contribution in [0, 0.1) is 0 Å². The summed E-state index contributed by atoms with van der Waals surface area (Å²) < 4.78 is 0. The van der Waals surface area contributed by atoms with Crippen LogP contribution in [0.2, 0.25) is 0 Å². The summed E-state index contributed by atoms with van der Waals surface area (Å²) in [6.45, 7) is 5.11. The maximum Gasteiger partial charge on any atom is 0.0765 e. The molecule has 0 fully saturated rings. The summed E-state index contributed by atoms with van der Waals surface area (Å²) in [5.74, 6) is 0.529. The van der Waals surface area contributed by atoms with E-state index in [4.69, 9.17) is 0 Å². The van der Waals surface area contributed by atoms with Crippen LogP contribution in [0.5, 0.6) is 0 Å². The van der Waals surface area contributed by atoms with E-state index in [1.54, 1.807) is 0 Å². The van der Waals surface area contributed by atoms with Gasteiger partial charge in [0.05, 0.1) is 6.10 Å². The Hall–Kier alpha value is -1.02. The number of hydrogen-bond acceptors (Lipinski definition) is 2. The lowest BCUT2D eigenvalue weighted by atomic mass is 9.95. The van der Waals surface area contributed by atoms with Crippen molar-refractivity contribution in [3.05, 3.63) is 29.3 Å². The fourth-order valence-corrected chi connectivity index (χ4v) is 2.40. The van der Waals surface area contributed by atoms with Gasteiger partial charge in [-0.15, -0.1) is 0 Å². The molecule has 0 radical (unpaired) electrons. The Balaban J connectivity index is 2.56. The van der Waals surface area contributed by atoms with E-state index in [-0.39, 0.29) is 6.10 Å². The fraction of sp³-hybridized carbons (Fsp3) is 0.500. The van der Waals surface area contributed by atoms with Crippen LogP contribution in [0.4, 0.5) is 5.69 Å². The normalized spacial score (nSPS) is 22.3. The molecule has 14 heavy (non-hydrogen) atoms. The number of aliphatic hydroxyl groups is 1. The third kappa shape index (κ3) is 1.30. The topological polar surface area (TPSA) is 23.5 Å². The van der Waals surface area contributed by atoms with E-state index in [0.717, 1.165) is 12.1 Å². The molecule has 0 saturated heterocycles. The molecule has 0 spiro atoms. The molecule has 0 aliphatic carbocycles. The molecule has 0 saturated carbocycles. The number of rotatable bonds is 1. The summed E-state index contributed by atoms with van der Waals surface area (Å²) in [4.78, 5) is 2.26. The van der Waals surface area contributed by atoms with E-state index >= 15 is 0 Å². The molecule has 2 nitrogen and oxygen atoms in total. The summed E-state index contributed by atoms with van der Waals surface area (Å²) in [5, 5.41) is 9.67. The van der Waals surface area contributed by atoms with Crippen molar-refractivity contribution in [1.29, 1.82) is 0 Å². The average molecular weight is 191 g/mol. The smallest absolute Gasteiger partial charge is 0.0765 e. The molecule has 1 aliphatic heterocycles. The van der Waals surface area contributed by atoms with E-state index in [0.29, 0.717) is 5.92 Å². The van der Waals surface area contributed by atoms with Crippen molar-refractivity contribution in [3.8, 4) is 0 Å². The number of fused-ring (bicyclic) bond motifs is 1. The van der Waals surface area contributed by atoms with Crippen molar-refractivity contribution in [2.45, 2.75) is 25.9 Å². The zero-order chi connectivity index (χ0) is 10.3. The fourth-order valence-electron chi connectivity index (χ4n) is 2.40. The van der Waals surface area contributed by atoms with Gasteiger partial charge >= 0.3 is 0 Å². The first-order valence-electron chi connectivity index (χ1n) is 5.13. The Morgan fingerprint density at radius 3 is 2.86 bits per heavy atom. The van der Waals surface area contributed by atoms with Crippen molar-refractivity contribution in [2.24, 2.45) is 0 Å². The lowest BCUT2D eigenvalue weighted by Crippen LogP contribution is -2.13. The van der Waals surface area contributed by atoms with Crippen LogP contribution in [-0.2, 0) is 0 Å². The van der Waals surface area contributed by atoms with E-state index in [9.17, 15) is 5.11 Å². The summed E-state index contributed by atoms with van der Waals surface area (Å²) in [5.41, 5.74) is 3.68. The molecule has 1 aromatic carbocycles. The maximum absolute atomic E-state index is 9.67. The zero-order valence-electron chi connectivity index (χ0n) is 8.99. The molecule has 1 heterocycles. The lowest BCUT2D eigenvalue weighted by Gasteiger charge is -2.14. The van der Waals surface area contributed by atoms with E-state index < -0.39 is 0 Å². The standard InChI is InChI=1S/C12H17NO/c1-8-7-13(3)11-6-4-5-10(9(2)14)12(8)11/h4-6,8-9,14H,7H2,1-3H3. The molecule has 0 aromatic heterocycles. The molecule has 2 unspecified atom stereocenters. The number of anilines is 1. The summed E-state index contributed by atoms with van der Waals surface area (Å²) in [6, 6.07) is 6.18. The summed E-state index contributed by atoms with van der Waals surface area (Å²) in [6.07, 6.45) is -0.362. The first-order valence-corrected chi connectivity index (χ1v) is 5.13. The second-order valence-electron chi connectivity index (χ2n) is 4.24. The Kier molecular flexibility index (Phi) is 2.23. The highest BCUT2D eigenvalue weighted by atomic mass is 16.3. The molecular formula is C12H17NO. The highest BCUT2D eigenvalue weighted by Gasteiger charge is 2.26.